The van der Waals surface area contributed by atoms with E-state index in [0.29, 0.717) is 11.6 Å². The Labute approximate surface area is 166 Å². The van der Waals surface area contributed by atoms with Gasteiger partial charge in [-0.2, -0.15) is 0 Å². The average molecular weight is 409 g/mol. The van der Waals surface area contributed by atoms with Crippen LogP contribution in [-0.2, 0) is 15.6 Å². The van der Waals surface area contributed by atoms with Crippen molar-refractivity contribution in [3.8, 4) is 0 Å². The highest BCUT2D eigenvalue weighted by Gasteiger charge is 2.22. The van der Waals surface area contributed by atoms with E-state index in [4.69, 9.17) is 0 Å². The van der Waals surface area contributed by atoms with Crippen LogP contribution in [0.1, 0.15) is 35.7 Å². The topological polar surface area (TPSA) is 75.3 Å². The summed E-state index contributed by atoms with van der Waals surface area (Å²) in [5.74, 6) is -0.300. The molecule has 0 radical (unpaired) electrons. The Hall–Kier alpha value is -1.89. The molecule has 1 heterocycles. The lowest BCUT2D eigenvalue weighted by molar-refractivity contribution is 0.0925. The van der Waals surface area contributed by atoms with Crippen LogP contribution in [0.3, 0.4) is 0 Å². The van der Waals surface area contributed by atoms with E-state index in [1.807, 2.05) is 18.2 Å². The van der Waals surface area contributed by atoms with E-state index in [9.17, 15) is 13.2 Å². The van der Waals surface area contributed by atoms with Crippen molar-refractivity contribution in [2.75, 3.05) is 6.54 Å². The van der Waals surface area contributed by atoms with Crippen LogP contribution in [-0.4, -0.2) is 33.0 Å². The molecule has 2 N–H and O–H groups in total. The van der Waals surface area contributed by atoms with E-state index >= 15 is 0 Å². The fourth-order valence-electron chi connectivity index (χ4n) is 3.24. The molecule has 7 heteroatoms. The molecule has 2 unspecified atom stereocenters. The van der Waals surface area contributed by atoms with Gasteiger partial charge in [-0.25, -0.2) is 8.42 Å². The first-order valence-electron chi connectivity index (χ1n) is 8.85. The molecule has 2 aromatic carbocycles. The number of sulfone groups is 1. The van der Waals surface area contributed by atoms with Gasteiger partial charge in [-0.05, 0) is 50.1 Å². The van der Waals surface area contributed by atoms with E-state index in [1.54, 1.807) is 30.3 Å². The van der Waals surface area contributed by atoms with E-state index in [-0.39, 0.29) is 35.0 Å². The lowest BCUT2D eigenvalue weighted by Crippen LogP contribution is -2.46. The zero-order valence-corrected chi connectivity index (χ0v) is 16.9. The quantitative estimate of drug-likeness (QED) is 0.797. The summed E-state index contributed by atoms with van der Waals surface area (Å²) in [6.45, 7) is 2.96. The summed E-state index contributed by atoms with van der Waals surface area (Å²) in [7, 11) is -3.50. The Morgan fingerprint density at radius 2 is 1.89 bits per heavy atom. The number of hydrogen-bond donors (Lipinski definition) is 2. The second-order valence-corrected chi connectivity index (χ2v) is 8.81. The number of hydrogen-bond acceptors (Lipinski definition) is 4. The second kappa shape index (κ2) is 9.35. The number of halogens is 1. The number of piperidine rings is 1. The maximum absolute atomic E-state index is 12.7. The van der Waals surface area contributed by atoms with Crippen molar-refractivity contribution < 1.29 is 13.2 Å². The molecule has 1 saturated heterocycles. The molecule has 0 aliphatic carbocycles. The van der Waals surface area contributed by atoms with Crippen molar-refractivity contribution in [1.82, 2.24) is 10.6 Å². The number of benzene rings is 2. The minimum absolute atomic E-state index is 0. The van der Waals surface area contributed by atoms with Crippen LogP contribution < -0.4 is 10.6 Å². The van der Waals surface area contributed by atoms with Gasteiger partial charge in [0.2, 0.25) is 0 Å². The van der Waals surface area contributed by atoms with Crippen molar-refractivity contribution in [3.05, 3.63) is 65.7 Å². The maximum Gasteiger partial charge on any atom is 0.251 e. The number of rotatable bonds is 5. The molecular weight excluding hydrogens is 384 g/mol. The first-order chi connectivity index (χ1) is 12.4. The maximum atomic E-state index is 12.7. The highest BCUT2D eigenvalue weighted by molar-refractivity contribution is 7.90. The average Bonchev–Trinajstić information content (AvgIpc) is 2.62. The largest absolute Gasteiger partial charge is 0.349 e. The lowest BCUT2D eigenvalue weighted by atomic mass is 10.0. The summed E-state index contributed by atoms with van der Waals surface area (Å²) >= 11 is 0. The molecule has 3 rings (SSSR count). The predicted octanol–water partition coefficient (Wildman–Crippen LogP) is 2.95. The number of nitrogens with one attached hydrogen (secondary N) is 2. The summed E-state index contributed by atoms with van der Waals surface area (Å²) < 4.78 is 25.3. The molecule has 0 bridgehead atoms. The fourth-order valence-corrected chi connectivity index (χ4v) is 4.63. The van der Waals surface area contributed by atoms with Crippen molar-refractivity contribution in [2.24, 2.45) is 0 Å². The molecule has 0 aromatic heterocycles. The molecule has 0 spiro atoms. The van der Waals surface area contributed by atoms with Gasteiger partial charge in [-0.1, -0.05) is 36.4 Å². The minimum atomic E-state index is -3.50. The molecular formula is C20H25ClN2O3S. The number of carbonyl (C=O) groups excluding carboxylic acids is 1. The Balaban J connectivity index is 0.00000261. The van der Waals surface area contributed by atoms with Gasteiger partial charge in [-0.3, -0.25) is 4.79 Å². The highest BCUT2D eigenvalue weighted by Crippen LogP contribution is 2.18. The number of carbonyl (C=O) groups is 1. The van der Waals surface area contributed by atoms with Crippen LogP contribution >= 0.6 is 12.4 Å². The van der Waals surface area contributed by atoms with Gasteiger partial charge in [0, 0.05) is 17.6 Å². The van der Waals surface area contributed by atoms with Crippen LogP contribution in [0.4, 0.5) is 0 Å². The summed E-state index contributed by atoms with van der Waals surface area (Å²) in [5, 5.41) is 6.37. The van der Waals surface area contributed by atoms with E-state index < -0.39 is 9.84 Å². The summed E-state index contributed by atoms with van der Waals surface area (Å²) in [5.41, 5.74) is 1.11. The van der Waals surface area contributed by atoms with E-state index in [0.717, 1.165) is 24.9 Å². The molecule has 2 atom stereocenters. The summed E-state index contributed by atoms with van der Waals surface area (Å²) in [6.07, 6.45) is 1.75. The number of amides is 1. The van der Waals surface area contributed by atoms with Crippen LogP contribution in [0.5, 0.6) is 0 Å². The predicted molar refractivity (Wildman–Crippen MR) is 109 cm³/mol. The van der Waals surface area contributed by atoms with Crippen molar-refractivity contribution in [3.63, 3.8) is 0 Å². The molecule has 27 heavy (non-hydrogen) atoms. The molecule has 2 aromatic rings. The van der Waals surface area contributed by atoms with Crippen molar-refractivity contribution in [2.45, 2.75) is 42.5 Å². The normalized spacial score (nSPS) is 19.7. The van der Waals surface area contributed by atoms with Crippen molar-refractivity contribution >= 4 is 28.2 Å². The van der Waals surface area contributed by atoms with Gasteiger partial charge in [0.1, 0.15) is 0 Å². The zero-order valence-electron chi connectivity index (χ0n) is 15.2. The van der Waals surface area contributed by atoms with Gasteiger partial charge in [0.05, 0.1) is 10.6 Å². The molecule has 5 nitrogen and oxygen atoms in total. The smallest absolute Gasteiger partial charge is 0.251 e. The molecule has 146 valence electrons. The SMILES string of the molecule is CC1CC(NC(=O)c2cccc(S(=O)(=O)Cc3ccccc3)c2)CCN1.Cl. The second-order valence-electron chi connectivity index (χ2n) is 6.82. The Bertz CT molecular complexity index is 872. The molecule has 1 amide bonds. The molecule has 1 fully saturated rings. The molecule has 1 aliphatic rings. The van der Waals surface area contributed by atoms with Crippen LogP contribution in [0, 0.1) is 0 Å². The Morgan fingerprint density at radius 1 is 1.15 bits per heavy atom. The first kappa shape index (κ1) is 21.4. The van der Waals surface area contributed by atoms with Crippen LogP contribution in [0.25, 0.3) is 0 Å². The minimum Gasteiger partial charge on any atom is -0.349 e. The van der Waals surface area contributed by atoms with Crippen molar-refractivity contribution in [1.29, 1.82) is 0 Å². The van der Waals surface area contributed by atoms with Gasteiger partial charge in [-0.15, -0.1) is 12.4 Å². The summed E-state index contributed by atoms with van der Waals surface area (Å²) in [4.78, 5) is 12.7. The van der Waals surface area contributed by atoms with Gasteiger partial charge in [0.15, 0.2) is 9.84 Å². The lowest BCUT2D eigenvalue weighted by Gasteiger charge is -2.28. The van der Waals surface area contributed by atoms with Gasteiger partial charge < -0.3 is 10.6 Å². The molecule has 0 saturated carbocycles. The molecule has 1 aliphatic heterocycles. The summed E-state index contributed by atoms with van der Waals surface area (Å²) in [6, 6.07) is 15.8. The van der Waals surface area contributed by atoms with E-state index in [2.05, 4.69) is 17.6 Å². The fraction of sp³-hybridized carbons (Fsp3) is 0.350. The Kier molecular flexibility index (Phi) is 7.41. The Morgan fingerprint density at radius 3 is 2.59 bits per heavy atom. The third kappa shape index (κ3) is 5.79. The van der Waals surface area contributed by atoms with Gasteiger partial charge >= 0.3 is 0 Å². The monoisotopic (exact) mass is 408 g/mol. The third-order valence-electron chi connectivity index (χ3n) is 4.61. The first-order valence-corrected chi connectivity index (χ1v) is 10.5. The van der Waals surface area contributed by atoms with E-state index in [1.165, 1.54) is 6.07 Å². The standard InChI is InChI=1S/C20H24N2O3S.ClH/c1-15-12-18(10-11-21-15)22-20(23)17-8-5-9-19(13-17)26(24,25)14-16-6-3-2-4-7-16;/h2-9,13,15,18,21H,10-12,14H2,1H3,(H,22,23);1H. The van der Waals surface area contributed by atoms with Crippen LogP contribution in [0.15, 0.2) is 59.5 Å². The van der Waals surface area contributed by atoms with Gasteiger partial charge in [0.25, 0.3) is 5.91 Å². The highest BCUT2D eigenvalue weighted by atomic mass is 35.5. The van der Waals surface area contributed by atoms with Crippen LogP contribution in [0.2, 0.25) is 0 Å². The zero-order chi connectivity index (χ0) is 18.6. The third-order valence-corrected chi connectivity index (χ3v) is 6.30.